The number of fused-ring (bicyclic) bond motifs is 1. The van der Waals surface area contributed by atoms with Gasteiger partial charge in [-0.3, -0.25) is 4.98 Å². The van der Waals surface area contributed by atoms with E-state index in [1.165, 1.54) is 0 Å². The minimum atomic E-state index is -3.60. The Balaban J connectivity index is 1.65. The molecule has 0 aliphatic carbocycles. The topological polar surface area (TPSA) is 92.1 Å². The molecule has 1 atom stereocenters. The second-order valence-corrected chi connectivity index (χ2v) is 8.39. The molecule has 132 valence electrons. The molecular weight excluding hydrogens is 340 g/mol. The van der Waals surface area contributed by atoms with Crippen molar-refractivity contribution in [3.05, 3.63) is 41.5 Å². The first-order chi connectivity index (χ1) is 12.0. The lowest BCUT2D eigenvalue weighted by molar-refractivity contribution is 0.312. The third-order valence-electron chi connectivity index (χ3n) is 4.80. The summed E-state index contributed by atoms with van der Waals surface area (Å²) < 4.78 is 32.7. The molecule has 0 amide bonds. The van der Waals surface area contributed by atoms with Crippen LogP contribution < -0.4 is 0 Å². The Morgan fingerprint density at radius 3 is 2.92 bits per heavy atom. The largest absolute Gasteiger partial charge is 0.360 e. The van der Waals surface area contributed by atoms with Crippen LogP contribution in [0.4, 0.5) is 0 Å². The molecule has 1 unspecified atom stereocenters. The number of sulfonamides is 1. The molecule has 8 heteroatoms. The molecule has 4 rings (SSSR count). The molecule has 3 aromatic heterocycles. The van der Waals surface area contributed by atoms with Gasteiger partial charge in [0.15, 0.2) is 5.76 Å². The Hall–Kier alpha value is -2.19. The van der Waals surface area contributed by atoms with Crippen molar-refractivity contribution in [1.29, 1.82) is 0 Å². The van der Waals surface area contributed by atoms with Crippen LogP contribution in [-0.2, 0) is 10.0 Å². The maximum Gasteiger partial charge on any atom is 0.248 e. The molecule has 1 aliphatic heterocycles. The Morgan fingerprint density at radius 1 is 1.36 bits per heavy atom. The molecule has 25 heavy (non-hydrogen) atoms. The zero-order valence-corrected chi connectivity index (χ0v) is 15.0. The maximum atomic E-state index is 13.0. The lowest BCUT2D eigenvalue weighted by Crippen LogP contribution is -2.39. The predicted octanol–water partition coefficient (Wildman–Crippen LogP) is 2.74. The molecule has 0 bridgehead atoms. The summed E-state index contributed by atoms with van der Waals surface area (Å²) in [5.74, 6) is 0.465. The molecule has 1 fully saturated rings. The van der Waals surface area contributed by atoms with Crippen molar-refractivity contribution in [3.8, 4) is 0 Å². The monoisotopic (exact) mass is 360 g/mol. The number of aromatic nitrogens is 3. The van der Waals surface area contributed by atoms with E-state index in [4.69, 9.17) is 4.52 Å². The summed E-state index contributed by atoms with van der Waals surface area (Å²) in [6.07, 6.45) is 3.52. The summed E-state index contributed by atoms with van der Waals surface area (Å²) in [7, 11) is -3.60. The van der Waals surface area contributed by atoms with Crippen LogP contribution in [0.2, 0.25) is 0 Å². The smallest absolute Gasteiger partial charge is 0.248 e. The summed E-state index contributed by atoms with van der Waals surface area (Å²) in [4.78, 5) is 7.92. The van der Waals surface area contributed by atoms with E-state index in [0.717, 1.165) is 29.6 Å². The number of rotatable bonds is 3. The lowest BCUT2D eigenvalue weighted by atomic mass is 9.96. The van der Waals surface area contributed by atoms with Gasteiger partial charge in [-0.15, -0.1) is 0 Å². The zero-order valence-electron chi connectivity index (χ0n) is 14.2. The summed E-state index contributed by atoms with van der Waals surface area (Å²) in [5, 5.41) is 3.79. The fourth-order valence-electron chi connectivity index (χ4n) is 3.58. The lowest BCUT2D eigenvalue weighted by Gasteiger charge is -2.31. The SMILES string of the molecule is Cc1noc(C)c1S(=O)(=O)N1CCCC(c2cc3ncccc3[nH]2)C1. The molecule has 1 aliphatic rings. The molecular formula is C17H20N4O3S. The summed E-state index contributed by atoms with van der Waals surface area (Å²) >= 11 is 0. The first-order valence-electron chi connectivity index (χ1n) is 8.33. The highest BCUT2D eigenvalue weighted by Crippen LogP contribution is 2.32. The van der Waals surface area contributed by atoms with Crippen LogP contribution in [0.3, 0.4) is 0 Å². The Labute approximate surface area is 146 Å². The highest BCUT2D eigenvalue weighted by molar-refractivity contribution is 7.89. The van der Waals surface area contributed by atoms with Crippen molar-refractivity contribution in [3.63, 3.8) is 0 Å². The van der Waals surface area contributed by atoms with Crippen LogP contribution in [0.1, 0.15) is 35.9 Å². The molecule has 3 aromatic rings. The first-order valence-corrected chi connectivity index (χ1v) is 9.77. The number of hydrogen-bond donors (Lipinski definition) is 1. The number of H-pyrrole nitrogens is 1. The van der Waals surface area contributed by atoms with Crippen LogP contribution in [0, 0.1) is 13.8 Å². The van der Waals surface area contributed by atoms with Crippen LogP contribution >= 0.6 is 0 Å². The number of aryl methyl sites for hydroxylation is 2. The summed E-state index contributed by atoms with van der Waals surface area (Å²) in [6, 6.07) is 5.89. The minimum absolute atomic E-state index is 0.123. The van der Waals surface area contributed by atoms with E-state index in [0.29, 0.717) is 24.5 Å². The first kappa shape index (κ1) is 16.3. The standard InChI is InChI=1S/C17H20N4O3S/c1-11-17(12(2)24-20-11)25(22,23)21-8-4-5-13(10-21)15-9-16-14(19-15)6-3-7-18-16/h3,6-7,9,13,19H,4-5,8,10H2,1-2H3. The van der Waals surface area contributed by atoms with Gasteiger partial charge < -0.3 is 9.51 Å². The number of nitrogens with one attached hydrogen (secondary N) is 1. The van der Waals surface area contributed by atoms with Gasteiger partial charge in [-0.05, 0) is 44.9 Å². The third-order valence-corrected chi connectivity index (χ3v) is 6.91. The molecule has 1 saturated heterocycles. The second-order valence-electron chi connectivity index (χ2n) is 6.52. The normalized spacial score (nSPS) is 19.5. The number of pyridine rings is 1. The molecule has 0 aromatic carbocycles. The van der Waals surface area contributed by atoms with Gasteiger partial charge in [0.1, 0.15) is 10.6 Å². The highest BCUT2D eigenvalue weighted by Gasteiger charge is 2.35. The zero-order chi connectivity index (χ0) is 17.6. The van der Waals surface area contributed by atoms with Crippen LogP contribution in [0.25, 0.3) is 11.0 Å². The van der Waals surface area contributed by atoms with E-state index in [-0.39, 0.29) is 10.8 Å². The van der Waals surface area contributed by atoms with E-state index in [1.807, 2.05) is 18.2 Å². The van der Waals surface area contributed by atoms with Crippen LogP contribution in [0.15, 0.2) is 33.8 Å². The average Bonchev–Trinajstić information content (AvgIpc) is 3.18. The van der Waals surface area contributed by atoms with E-state index in [2.05, 4.69) is 15.1 Å². The Morgan fingerprint density at radius 2 is 2.20 bits per heavy atom. The molecule has 0 saturated carbocycles. The van der Waals surface area contributed by atoms with Crippen LogP contribution in [0.5, 0.6) is 0 Å². The van der Waals surface area contributed by atoms with Gasteiger partial charge >= 0.3 is 0 Å². The molecule has 7 nitrogen and oxygen atoms in total. The summed E-state index contributed by atoms with van der Waals surface area (Å²) in [6.45, 7) is 4.26. The predicted molar refractivity (Wildman–Crippen MR) is 92.8 cm³/mol. The number of hydrogen-bond acceptors (Lipinski definition) is 5. The maximum absolute atomic E-state index is 13.0. The van der Waals surface area contributed by atoms with Gasteiger partial charge in [-0.1, -0.05) is 5.16 Å². The average molecular weight is 360 g/mol. The van der Waals surface area contributed by atoms with Crippen molar-refractivity contribution < 1.29 is 12.9 Å². The van der Waals surface area contributed by atoms with E-state index in [1.54, 1.807) is 24.3 Å². The van der Waals surface area contributed by atoms with Crippen molar-refractivity contribution in [2.24, 2.45) is 0 Å². The highest BCUT2D eigenvalue weighted by atomic mass is 32.2. The van der Waals surface area contributed by atoms with Gasteiger partial charge in [0, 0.05) is 30.9 Å². The van der Waals surface area contributed by atoms with E-state index < -0.39 is 10.0 Å². The second kappa shape index (κ2) is 5.96. The van der Waals surface area contributed by atoms with Crippen LogP contribution in [-0.4, -0.2) is 40.9 Å². The number of aromatic amines is 1. The minimum Gasteiger partial charge on any atom is -0.360 e. The van der Waals surface area contributed by atoms with Gasteiger partial charge in [-0.25, -0.2) is 8.42 Å². The molecule has 4 heterocycles. The fraction of sp³-hybridized carbons (Fsp3) is 0.412. The Bertz CT molecular complexity index is 969. The number of nitrogens with zero attached hydrogens (tertiary/aromatic N) is 3. The molecule has 0 radical (unpaired) electrons. The van der Waals surface area contributed by atoms with E-state index >= 15 is 0 Å². The van der Waals surface area contributed by atoms with E-state index in [9.17, 15) is 8.42 Å². The Kier molecular flexibility index (Phi) is 3.88. The van der Waals surface area contributed by atoms with Crippen molar-refractivity contribution in [1.82, 2.24) is 19.4 Å². The summed E-state index contributed by atoms with van der Waals surface area (Å²) in [5.41, 5.74) is 3.33. The van der Waals surface area contributed by atoms with Gasteiger partial charge in [-0.2, -0.15) is 4.31 Å². The molecule has 1 N–H and O–H groups in total. The van der Waals surface area contributed by atoms with Gasteiger partial charge in [0.25, 0.3) is 0 Å². The van der Waals surface area contributed by atoms with Crippen molar-refractivity contribution in [2.45, 2.75) is 37.5 Å². The molecule has 0 spiro atoms. The third kappa shape index (κ3) is 2.75. The van der Waals surface area contributed by atoms with Crippen molar-refractivity contribution >= 4 is 21.1 Å². The number of piperidine rings is 1. The van der Waals surface area contributed by atoms with Gasteiger partial charge in [0.05, 0.1) is 11.0 Å². The quantitative estimate of drug-likeness (QED) is 0.775. The fourth-order valence-corrected chi connectivity index (χ4v) is 5.40. The van der Waals surface area contributed by atoms with Gasteiger partial charge in [0.2, 0.25) is 10.0 Å². The van der Waals surface area contributed by atoms with Crippen molar-refractivity contribution in [2.75, 3.05) is 13.1 Å².